The largest absolute Gasteiger partial charge is 0.332 e. The number of fused-ring (bicyclic) bond motifs is 1. The average Bonchev–Trinajstić information content (AvgIpc) is 3.23. The molecule has 0 unspecified atom stereocenters. The Bertz CT molecular complexity index is 686. The maximum atomic E-state index is 12.6. The molecule has 1 fully saturated rings. The van der Waals surface area contributed by atoms with E-state index in [9.17, 15) is 4.79 Å². The molecule has 122 valence electrons. The van der Waals surface area contributed by atoms with Gasteiger partial charge in [0.25, 0.3) is 5.91 Å². The van der Waals surface area contributed by atoms with Crippen molar-refractivity contribution in [3.8, 4) is 0 Å². The number of carbonyl (C=O) groups is 1. The highest BCUT2D eigenvalue weighted by Crippen LogP contribution is 2.18. The molecular formula is C15H21N7O. The highest BCUT2D eigenvalue weighted by atomic mass is 16.2. The Hall–Kier alpha value is -2.22. The van der Waals surface area contributed by atoms with Gasteiger partial charge in [0.2, 0.25) is 0 Å². The lowest BCUT2D eigenvalue weighted by Gasteiger charge is -2.25. The molecule has 2 N–H and O–H groups in total. The summed E-state index contributed by atoms with van der Waals surface area (Å²) < 4.78 is 1.80. The van der Waals surface area contributed by atoms with Crippen LogP contribution < -0.4 is 5.32 Å². The van der Waals surface area contributed by atoms with E-state index >= 15 is 0 Å². The maximum absolute atomic E-state index is 12.6. The third kappa shape index (κ3) is 2.98. The summed E-state index contributed by atoms with van der Waals surface area (Å²) in [6.45, 7) is 4.21. The topological polar surface area (TPSA) is 91.7 Å². The molecule has 0 saturated carbocycles. The minimum Gasteiger partial charge on any atom is -0.332 e. The lowest BCUT2D eigenvalue weighted by molar-refractivity contribution is 0.0728. The highest BCUT2D eigenvalue weighted by molar-refractivity contribution is 5.92. The molecule has 4 heterocycles. The Morgan fingerprint density at radius 1 is 1.43 bits per heavy atom. The summed E-state index contributed by atoms with van der Waals surface area (Å²) in [4.78, 5) is 14.4. The second kappa shape index (κ2) is 6.11. The minimum absolute atomic E-state index is 0.0510. The summed E-state index contributed by atoms with van der Waals surface area (Å²) in [5, 5.41) is 18.6. The smallest absolute Gasteiger partial charge is 0.276 e. The first-order chi connectivity index (χ1) is 11.3. The molecule has 2 aromatic heterocycles. The molecule has 23 heavy (non-hydrogen) atoms. The lowest BCUT2D eigenvalue weighted by Crippen LogP contribution is -2.36. The molecular weight excluding hydrogens is 294 g/mol. The van der Waals surface area contributed by atoms with Crippen LogP contribution in [-0.4, -0.2) is 55.6 Å². The molecule has 0 aliphatic carbocycles. The standard InChI is InChI=1S/C15H21N7O/c23-15(21-5-3-13-12(9-21)7-17-18-13)14-10-22(20-19-14)8-11-2-1-4-16-6-11/h7,10-11,16H,1-6,8-9H2,(H,17,18)/t11-/m0/s1. The Labute approximate surface area is 134 Å². The monoisotopic (exact) mass is 315 g/mol. The van der Waals surface area contributed by atoms with Gasteiger partial charge in [0.15, 0.2) is 5.69 Å². The molecule has 1 saturated heterocycles. The number of hydrogen-bond acceptors (Lipinski definition) is 5. The summed E-state index contributed by atoms with van der Waals surface area (Å²) in [5.41, 5.74) is 2.65. The molecule has 1 amide bonds. The van der Waals surface area contributed by atoms with E-state index in [0.717, 1.165) is 37.3 Å². The van der Waals surface area contributed by atoms with Crippen LogP contribution >= 0.6 is 0 Å². The Morgan fingerprint density at radius 2 is 2.39 bits per heavy atom. The van der Waals surface area contributed by atoms with Gasteiger partial charge in [0.05, 0.1) is 12.4 Å². The predicted molar refractivity (Wildman–Crippen MR) is 82.6 cm³/mol. The number of amides is 1. The van der Waals surface area contributed by atoms with E-state index in [2.05, 4.69) is 25.8 Å². The summed E-state index contributed by atoms with van der Waals surface area (Å²) in [5.74, 6) is 0.516. The Morgan fingerprint density at radius 3 is 3.26 bits per heavy atom. The van der Waals surface area contributed by atoms with Crippen LogP contribution in [0.1, 0.15) is 34.6 Å². The molecule has 2 aromatic rings. The van der Waals surface area contributed by atoms with Gasteiger partial charge in [-0.1, -0.05) is 5.21 Å². The van der Waals surface area contributed by atoms with Gasteiger partial charge in [-0.2, -0.15) is 5.10 Å². The fourth-order valence-electron chi connectivity index (χ4n) is 3.39. The second-order valence-corrected chi connectivity index (χ2v) is 6.39. The molecule has 0 bridgehead atoms. The van der Waals surface area contributed by atoms with Gasteiger partial charge in [0.1, 0.15) is 0 Å². The van der Waals surface area contributed by atoms with E-state index < -0.39 is 0 Å². The van der Waals surface area contributed by atoms with E-state index in [1.807, 2.05) is 4.90 Å². The van der Waals surface area contributed by atoms with Crippen molar-refractivity contribution in [3.05, 3.63) is 29.3 Å². The molecule has 2 aliphatic heterocycles. The molecule has 2 aliphatic rings. The van der Waals surface area contributed by atoms with Gasteiger partial charge in [-0.05, 0) is 31.8 Å². The van der Waals surface area contributed by atoms with Crippen molar-refractivity contribution in [2.75, 3.05) is 19.6 Å². The number of hydrogen-bond donors (Lipinski definition) is 2. The van der Waals surface area contributed by atoms with E-state index in [0.29, 0.717) is 24.7 Å². The Balaban J connectivity index is 1.41. The van der Waals surface area contributed by atoms with E-state index in [-0.39, 0.29) is 5.91 Å². The van der Waals surface area contributed by atoms with Crippen molar-refractivity contribution in [1.82, 2.24) is 35.4 Å². The highest BCUT2D eigenvalue weighted by Gasteiger charge is 2.25. The van der Waals surface area contributed by atoms with Crippen molar-refractivity contribution in [3.63, 3.8) is 0 Å². The first-order valence-electron chi connectivity index (χ1n) is 8.21. The number of H-pyrrole nitrogens is 1. The zero-order valence-corrected chi connectivity index (χ0v) is 13.0. The molecule has 0 radical (unpaired) electrons. The Kier molecular flexibility index (Phi) is 3.82. The van der Waals surface area contributed by atoms with E-state index in [4.69, 9.17) is 0 Å². The van der Waals surface area contributed by atoms with Crippen molar-refractivity contribution in [2.45, 2.75) is 32.4 Å². The van der Waals surface area contributed by atoms with Gasteiger partial charge < -0.3 is 10.2 Å². The molecule has 0 aromatic carbocycles. The molecule has 8 heteroatoms. The van der Waals surface area contributed by atoms with Crippen LogP contribution in [0.15, 0.2) is 12.4 Å². The van der Waals surface area contributed by atoms with Crippen LogP contribution in [0.3, 0.4) is 0 Å². The fourth-order valence-corrected chi connectivity index (χ4v) is 3.39. The first kappa shape index (κ1) is 14.4. The lowest BCUT2D eigenvalue weighted by atomic mass is 10.00. The molecule has 8 nitrogen and oxygen atoms in total. The average molecular weight is 315 g/mol. The van der Waals surface area contributed by atoms with Crippen LogP contribution in [0.25, 0.3) is 0 Å². The third-order valence-corrected chi connectivity index (χ3v) is 4.69. The number of aromatic nitrogens is 5. The summed E-state index contributed by atoms with van der Waals surface area (Å²) in [6, 6.07) is 0. The zero-order chi connectivity index (χ0) is 15.6. The fraction of sp³-hybridized carbons (Fsp3) is 0.600. The predicted octanol–water partition coefficient (Wildman–Crippen LogP) is 0.199. The van der Waals surface area contributed by atoms with Crippen LogP contribution in [0, 0.1) is 5.92 Å². The van der Waals surface area contributed by atoms with Crippen molar-refractivity contribution >= 4 is 5.91 Å². The van der Waals surface area contributed by atoms with Gasteiger partial charge in [-0.15, -0.1) is 5.10 Å². The number of rotatable bonds is 3. The van der Waals surface area contributed by atoms with E-state index in [1.54, 1.807) is 17.1 Å². The number of nitrogens with zero attached hydrogens (tertiary/aromatic N) is 5. The third-order valence-electron chi connectivity index (χ3n) is 4.69. The molecule has 0 spiro atoms. The SMILES string of the molecule is O=C(c1cn(C[C@H]2CCCNC2)nn1)N1CCc2[nH]ncc2C1. The summed E-state index contributed by atoms with van der Waals surface area (Å²) in [6.07, 6.45) is 6.78. The van der Waals surface area contributed by atoms with E-state index in [1.165, 1.54) is 12.8 Å². The number of nitrogens with one attached hydrogen (secondary N) is 2. The van der Waals surface area contributed by atoms with Crippen molar-refractivity contribution in [1.29, 1.82) is 0 Å². The number of carbonyl (C=O) groups excluding carboxylic acids is 1. The second-order valence-electron chi connectivity index (χ2n) is 6.39. The zero-order valence-electron chi connectivity index (χ0n) is 13.0. The normalized spacial score (nSPS) is 21.2. The van der Waals surface area contributed by atoms with Gasteiger partial charge in [0, 0.05) is 37.3 Å². The summed E-state index contributed by atoms with van der Waals surface area (Å²) >= 11 is 0. The minimum atomic E-state index is -0.0510. The van der Waals surface area contributed by atoms with Crippen LogP contribution in [-0.2, 0) is 19.5 Å². The summed E-state index contributed by atoms with van der Waals surface area (Å²) in [7, 11) is 0. The number of aromatic amines is 1. The van der Waals surface area contributed by atoms with Crippen LogP contribution in [0.2, 0.25) is 0 Å². The quantitative estimate of drug-likeness (QED) is 0.844. The maximum Gasteiger partial charge on any atom is 0.276 e. The van der Waals surface area contributed by atoms with Crippen LogP contribution in [0.4, 0.5) is 0 Å². The van der Waals surface area contributed by atoms with Crippen molar-refractivity contribution < 1.29 is 4.79 Å². The van der Waals surface area contributed by atoms with Gasteiger partial charge in [-0.25, -0.2) is 0 Å². The first-order valence-corrected chi connectivity index (χ1v) is 8.21. The number of piperidine rings is 1. The van der Waals surface area contributed by atoms with Crippen LogP contribution in [0.5, 0.6) is 0 Å². The molecule has 1 atom stereocenters. The van der Waals surface area contributed by atoms with Gasteiger partial charge >= 0.3 is 0 Å². The molecule has 4 rings (SSSR count). The van der Waals surface area contributed by atoms with Gasteiger partial charge in [-0.3, -0.25) is 14.6 Å². The van der Waals surface area contributed by atoms with Crippen molar-refractivity contribution in [2.24, 2.45) is 5.92 Å².